The van der Waals surface area contributed by atoms with E-state index in [9.17, 15) is 0 Å². The van der Waals surface area contributed by atoms with Crippen LogP contribution in [0.25, 0.3) is 0 Å². The highest BCUT2D eigenvalue weighted by Crippen LogP contribution is 2.28. The molecule has 7 heteroatoms. The number of hydrogen-bond donors (Lipinski definition) is 2. The van der Waals surface area contributed by atoms with E-state index in [1.54, 1.807) is 6.26 Å². The Kier molecular flexibility index (Phi) is 5.24. The average Bonchev–Trinajstić information content (AvgIpc) is 3.04. The van der Waals surface area contributed by atoms with E-state index in [1.165, 1.54) is 5.69 Å². The second-order valence-corrected chi connectivity index (χ2v) is 7.46. The van der Waals surface area contributed by atoms with Crippen LogP contribution in [0.4, 0.5) is 17.2 Å². The van der Waals surface area contributed by atoms with Crippen molar-refractivity contribution >= 4 is 34.5 Å². The van der Waals surface area contributed by atoms with Crippen LogP contribution in [0.5, 0.6) is 0 Å². The van der Waals surface area contributed by atoms with Crippen LogP contribution >= 0.6 is 12.2 Å². The van der Waals surface area contributed by atoms with E-state index in [-0.39, 0.29) is 5.41 Å². The normalized spacial score (nSPS) is 15.1. The molecule has 0 spiro atoms. The summed E-state index contributed by atoms with van der Waals surface area (Å²) >= 11 is 5.39. The van der Waals surface area contributed by atoms with Crippen LogP contribution in [0, 0.1) is 0 Å². The predicted molar refractivity (Wildman–Crippen MR) is 105 cm³/mol. The predicted octanol–water partition coefficient (Wildman–Crippen LogP) is 3.62. The maximum absolute atomic E-state index is 5.39. The number of morpholine rings is 1. The Labute approximate surface area is 153 Å². The van der Waals surface area contributed by atoms with Crippen LogP contribution in [-0.2, 0) is 10.2 Å². The summed E-state index contributed by atoms with van der Waals surface area (Å²) in [6, 6.07) is 8.22. The van der Waals surface area contributed by atoms with Crippen LogP contribution in [-0.4, -0.2) is 36.6 Å². The fourth-order valence-electron chi connectivity index (χ4n) is 2.71. The second-order valence-electron chi connectivity index (χ2n) is 7.05. The summed E-state index contributed by atoms with van der Waals surface area (Å²) in [5, 5.41) is 10.8. The van der Waals surface area contributed by atoms with Crippen LogP contribution in [0.1, 0.15) is 26.3 Å². The van der Waals surface area contributed by atoms with Crippen molar-refractivity contribution in [2.45, 2.75) is 26.2 Å². The number of benzene rings is 1. The lowest BCUT2D eigenvalue weighted by Gasteiger charge is -2.29. The molecule has 2 N–H and O–H groups in total. The zero-order valence-corrected chi connectivity index (χ0v) is 15.7. The van der Waals surface area contributed by atoms with E-state index < -0.39 is 0 Å². The molecule has 25 heavy (non-hydrogen) atoms. The smallest absolute Gasteiger partial charge is 0.179 e. The van der Waals surface area contributed by atoms with Gasteiger partial charge in [0.25, 0.3) is 0 Å². The topological polar surface area (TPSA) is 62.6 Å². The highest BCUT2D eigenvalue weighted by molar-refractivity contribution is 7.80. The molecule has 0 aliphatic carbocycles. The van der Waals surface area contributed by atoms with Gasteiger partial charge >= 0.3 is 0 Å². The first-order valence-electron chi connectivity index (χ1n) is 8.39. The third-order valence-electron chi connectivity index (χ3n) is 4.11. The van der Waals surface area contributed by atoms with E-state index in [2.05, 4.69) is 53.6 Å². The van der Waals surface area contributed by atoms with E-state index in [1.807, 2.05) is 12.1 Å². The van der Waals surface area contributed by atoms with E-state index >= 15 is 0 Å². The molecule has 1 fully saturated rings. The van der Waals surface area contributed by atoms with Crippen molar-refractivity contribution in [2.24, 2.45) is 0 Å². The van der Waals surface area contributed by atoms with Gasteiger partial charge in [0.1, 0.15) is 6.26 Å². The first-order valence-corrected chi connectivity index (χ1v) is 8.80. The van der Waals surface area contributed by atoms with Gasteiger partial charge in [0, 0.05) is 30.0 Å². The Morgan fingerprint density at radius 3 is 2.44 bits per heavy atom. The molecule has 1 aliphatic heterocycles. The summed E-state index contributed by atoms with van der Waals surface area (Å²) in [6.45, 7) is 9.72. The first kappa shape index (κ1) is 17.7. The molecule has 134 valence electrons. The van der Waals surface area contributed by atoms with Gasteiger partial charge in [0.2, 0.25) is 0 Å². The third-order valence-corrected chi connectivity index (χ3v) is 4.32. The van der Waals surface area contributed by atoms with Crippen molar-refractivity contribution in [1.82, 2.24) is 5.16 Å². The fourth-order valence-corrected chi connectivity index (χ4v) is 2.92. The molecular weight excluding hydrogens is 336 g/mol. The lowest BCUT2D eigenvalue weighted by Crippen LogP contribution is -2.36. The largest absolute Gasteiger partial charge is 0.378 e. The molecule has 0 saturated carbocycles. The van der Waals surface area contributed by atoms with Gasteiger partial charge in [-0.25, -0.2) is 0 Å². The van der Waals surface area contributed by atoms with Crippen molar-refractivity contribution in [1.29, 1.82) is 0 Å². The van der Waals surface area contributed by atoms with Crippen molar-refractivity contribution in [3.8, 4) is 0 Å². The van der Waals surface area contributed by atoms with Crippen LogP contribution < -0.4 is 15.5 Å². The van der Waals surface area contributed by atoms with Gasteiger partial charge in [-0.2, -0.15) is 0 Å². The third kappa shape index (κ3) is 4.49. The standard InChI is InChI=1S/C18H24N4O2S/c1-18(2,3)15-12-24-21-16(15)20-17(25)19-13-4-6-14(7-5-13)22-8-10-23-11-9-22/h4-7,12H,8-11H2,1-3H3,(H2,19,20,21,25). The van der Waals surface area contributed by atoms with Crippen molar-refractivity contribution in [3.05, 3.63) is 36.1 Å². The van der Waals surface area contributed by atoms with Gasteiger partial charge in [0.05, 0.1) is 13.2 Å². The zero-order chi connectivity index (χ0) is 17.9. The van der Waals surface area contributed by atoms with Crippen molar-refractivity contribution in [2.75, 3.05) is 41.8 Å². The minimum Gasteiger partial charge on any atom is -0.378 e. The number of nitrogens with one attached hydrogen (secondary N) is 2. The summed E-state index contributed by atoms with van der Waals surface area (Å²) in [4.78, 5) is 2.31. The number of anilines is 3. The molecule has 2 aromatic rings. The summed E-state index contributed by atoms with van der Waals surface area (Å²) in [5.41, 5.74) is 3.03. The number of hydrogen-bond acceptors (Lipinski definition) is 5. The highest BCUT2D eigenvalue weighted by Gasteiger charge is 2.22. The SMILES string of the molecule is CC(C)(C)c1conc1NC(=S)Nc1ccc(N2CCOCC2)cc1. The first-order chi connectivity index (χ1) is 11.9. The monoisotopic (exact) mass is 360 g/mol. The molecular formula is C18H24N4O2S. The molecule has 3 rings (SSSR count). The minimum atomic E-state index is -0.0717. The second kappa shape index (κ2) is 7.41. The average molecular weight is 360 g/mol. The van der Waals surface area contributed by atoms with Crippen LogP contribution in [0.2, 0.25) is 0 Å². The Hall–Kier alpha value is -2.12. The van der Waals surface area contributed by atoms with Gasteiger partial charge in [-0.1, -0.05) is 25.9 Å². The fraction of sp³-hybridized carbons (Fsp3) is 0.444. The Morgan fingerprint density at radius 2 is 1.80 bits per heavy atom. The van der Waals surface area contributed by atoms with Crippen molar-refractivity contribution < 1.29 is 9.26 Å². The van der Waals surface area contributed by atoms with E-state index in [0.29, 0.717) is 10.9 Å². The van der Waals surface area contributed by atoms with Crippen molar-refractivity contribution in [3.63, 3.8) is 0 Å². The van der Waals surface area contributed by atoms with E-state index in [4.69, 9.17) is 21.5 Å². The maximum atomic E-state index is 5.39. The molecule has 0 unspecified atom stereocenters. The molecule has 6 nitrogen and oxygen atoms in total. The molecule has 1 aromatic heterocycles. The number of nitrogens with zero attached hydrogens (tertiary/aromatic N) is 2. The quantitative estimate of drug-likeness (QED) is 0.811. The van der Waals surface area contributed by atoms with Crippen LogP contribution in [0.3, 0.4) is 0 Å². The lowest BCUT2D eigenvalue weighted by molar-refractivity contribution is 0.122. The minimum absolute atomic E-state index is 0.0717. The molecule has 1 aliphatic rings. The molecule has 0 atom stereocenters. The van der Waals surface area contributed by atoms with E-state index in [0.717, 1.165) is 37.6 Å². The van der Waals surface area contributed by atoms with Gasteiger partial charge in [0.15, 0.2) is 10.9 Å². The molecule has 0 radical (unpaired) electrons. The lowest BCUT2D eigenvalue weighted by atomic mass is 9.89. The summed E-state index contributed by atoms with van der Waals surface area (Å²) in [6.07, 6.45) is 1.65. The maximum Gasteiger partial charge on any atom is 0.179 e. The van der Waals surface area contributed by atoms with Gasteiger partial charge in [-0.05, 0) is 41.9 Å². The molecule has 2 heterocycles. The number of ether oxygens (including phenoxy) is 1. The number of thiocarbonyl (C=S) groups is 1. The van der Waals surface area contributed by atoms with Crippen LogP contribution in [0.15, 0.2) is 35.1 Å². The Morgan fingerprint density at radius 1 is 1.12 bits per heavy atom. The summed E-state index contributed by atoms with van der Waals surface area (Å²) in [5.74, 6) is 0.648. The van der Waals surface area contributed by atoms with Gasteiger partial charge in [-0.3, -0.25) is 0 Å². The molecule has 1 saturated heterocycles. The Bertz CT molecular complexity index is 715. The number of aromatic nitrogens is 1. The number of rotatable bonds is 3. The summed E-state index contributed by atoms with van der Waals surface area (Å²) < 4.78 is 10.5. The highest BCUT2D eigenvalue weighted by atomic mass is 32.1. The Balaban J connectivity index is 1.61. The summed E-state index contributed by atoms with van der Waals surface area (Å²) in [7, 11) is 0. The zero-order valence-electron chi connectivity index (χ0n) is 14.8. The molecule has 0 amide bonds. The van der Waals surface area contributed by atoms with Gasteiger partial charge < -0.3 is 24.8 Å². The van der Waals surface area contributed by atoms with Gasteiger partial charge in [-0.15, -0.1) is 0 Å². The molecule has 1 aromatic carbocycles. The molecule has 0 bridgehead atoms.